The van der Waals surface area contributed by atoms with E-state index in [2.05, 4.69) is 21.4 Å². The number of hydrogen-bond acceptors (Lipinski definition) is 8. The zero-order valence-corrected chi connectivity index (χ0v) is 18.2. The highest BCUT2D eigenvalue weighted by Crippen LogP contribution is 2.36. The van der Waals surface area contributed by atoms with Crippen LogP contribution in [0.1, 0.15) is 52.8 Å². The third-order valence-corrected chi connectivity index (χ3v) is 4.82. The van der Waals surface area contributed by atoms with Crippen molar-refractivity contribution in [3.63, 3.8) is 0 Å². The fraction of sp³-hybridized carbons (Fsp3) is 0.545. The van der Waals surface area contributed by atoms with Crippen LogP contribution in [0.15, 0.2) is 12.1 Å². The quantitative estimate of drug-likeness (QED) is 0.505. The summed E-state index contributed by atoms with van der Waals surface area (Å²) in [5, 5.41) is 13.0. The van der Waals surface area contributed by atoms with Gasteiger partial charge in [0.2, 0.25) is 5.88 Å². The summed E-state index contributed by atoms with van der Waals surface area (Å²) in [4.78, 5) is 20.3. The molecule has 1 aromatic heterocycles. The lowest BCUT2D eigenvalue weighted by Gasteiger charge is -2.36. The summed E-state index contributed by atoms with van der Waals surface area (Å²) in [6.45, 7) is 7.03. The number of fused-ring (bicyclic) bond motifs is 1. The molecule has 0 unspecified atom stereocenters. The van der Waals surface area contributed by atoms with E-state index in [1.807, 2.05) is 6.92 Å². The predicted octanol–water partition coefficient (Wildman–Crippen LogP) is 4.52. The van der Waals surface area contributed by atoms with Gasteiger partial charge < -0.3 is 19.5 Å². The zero-order chi connectivity index (χ0) is 22.6. The first-order valence-electron chi connectivity index (χ1n) is 10.3. The number of hydrogen-bond donors (Lipinski definition) is 1. The van der Waals surface area contributed by atoms with Crippen molar-refractivity contribution in [2.24, 2.45) is 0 Å². The fourth-order valence-electron chi connectivity index (χ4n) is 3.16. The zero-order valence-electron chi connectivity index (χ0n) is 18.2. The normalized spacial score (nSPS) is 15.0. The molecule has 0 saturated heterocycles. The largest absolute Gasteiger partial charge is 0.508 e. The van der Waals surface area contributed by atoms with E-state index in [4.69, 9.17) is 14.2 Å². The number of aromatic nitrogens is 2. The molecule has 0 bridgehead atoms. The Morgan fingerprint density at radius 2 is 2.03 bits per heavy atom. The average molecular weight is 430 g/mol. The van der Waals surface area contributed by atoms with Gasteiger partial charge in [0.05, 0.1) is 11.5 Å². The van der Waals surface area contributed by atoms with Crippen molar-refractivity contribution < 1.29 is 23.4 Å². The van der Waals surface area contributed by atoms with Crippen LogP contribution in [0, 0.1) is 17.1 Å². The highest BCUT2D eigenvalue weighted by Gasteiger charge is 2.37. The smallest absolute Gasteiger partial charge is 0.474 e. The van der Waals surface area contributed by atoms with Crippen molar-refractivity contribution in [1.29, 1.82) is 5.26 Å². The van der Waals surface area contributed by atoms with Crippen molar-refractivity contribution in [2.75, 3.05) is 18.5 Å². The molecule has 166 valence electrons. The number of nitrogens with one attached hydrogen (secondary N) is 1. The molecule has 8 nitrogen and oxygen atoms in total. The summed E-state index contributed by atoms with van der Waals surface area (Å²) in [6, 6.07) is 5.29. The van der Waals surface area contributed by atoms with Crippen LogP contribution in [-0.2, 0) is 15.9 Å². The molecule has 3 rings (SSSR count). The van der Waals surface area contributed by atoms with Gasteiger partial charge in [0.1, 0.15) is 35.7 Å². The van der Waals surface area contributed by atoms with Crippen LogP contribution in [0.4, 0.5) is 14.9 Å². The first-order chi connectivity index (χ1) is 14.6. The van der Waals surface area contributed by atoms with Gasteiger partial charge in [-0.3, -0.25) is 0 Å². The van der Waals surface area contributed by atoms with Gasteiger partial charge >= 0.3 is 6.16 Å². The maximum atomic E-state index is 14.8. The summed E-state index contributed by atoms with van der Waals surface area (Å²) in [5.41, 5.74) is -0.722. The van der Waals surface area contributed by atoms with Crippen LogP contribution in [0.2, 0.25) is 0 Å². The predicted molar refractivity (Wildman–Crippen MR) is 112 cm³/mol. The first kappa shape index (κ1) is 22.5. The van der Waals surface area contributed by atoms with E-state index in [9.17, 15) is 14.4 Å². The second kappa shape index (κ2) is 8.92. The van der Waals surface area contributed by atoms with Gasteiger partial charge in [-0.2, -0.15) is 10.2 Å². The average Bonchev–Trinajstić information content (AvgIpc) is 2.66. The molecule has 0 radical (unpaired) electrons. The monoisotopic (exact) mass is 430 g/mol. The first-order valence-corrected chi connectivity index (χ1v) is 10.3. The van der Waals surface area contributed by atoms with Gasteiger partial charge in [0, 0.05) is 12.1 Å². The molecule has 1 aromatic carbocycles. The van der Waals surface area contributed by atoms with Gasteiger partial charge in [0.25, 0.3) is 0 Å². The second-order valence-corrected chi connectivity index (χ2v) is 8.49. The number of nitriles is 1. The van der Waals surface area contributed by atoms with E-state index in [1.165, 1.54) is 6.07 Å². The number of aryl methyl sites for hydroxylation is 1. The minimum Gasteiger partial charge on any atom is -0.474 e. The summed E-state index contributed by atoms with van der Waals surface area (Å²) < 4.78 is 30.6. The van der Waals surface area contributed by atoms with E-state index in [0.717, 1.165) is 6.42 Å². The van der Waals surface area contributed by atoms with Gasteiger partial charge in [-0.15, -0.1) is 0 Å². The number of nitrogens with zero attached hydrogens (tertiary/aromatic N) is 3. The molecule has 1 saturated carbocycles. The maximum absolute atomic E-state index is 14.8. The summed E-state index contributed by atoms with van der Waals surface area (Å²) in [6.07, 6.45) is 2.07. The lowest BCUT2D eigenvalue weighted by molar-refractivity contribution is -0.0115. The standard InChI is InChI=1S/C22H27FN4O4/c1-5-17-25-18-15(11-14(12-16(18)23)27-22(13-24)7-6-8-22)19(26-17)29-9-10-30-20(28)31-21(2,3)4/h11-12,27H,5-10H2,1-4H3. The van der Waals surface area contributed by atoms with E-state index in [-0.39, 0.29) is 24.6 Å². The summed E-state index contributed by atoms with van der Waals surface area (Å²) in [5.74, 6) is 0.0961. The second-order valence-electron chi connectivity index (χ2n) is 8.49. The molecule has 1 aliphatic rings. The number of carbonyl (C=O) groups is 1. The Morgan fingerprint density at radius 3 is 2.61 bits per heavy atom. The number of ether oxygens (including phenoxy) is 3. The van der Waals surface area contributed by atoms with Gasteiger partial charge in [-0.1, -0.05) is 6.92 Å². The minimum absolute atomic E-state index is 0.00984. The van der Waals surface area contributed by atoms with Gasteiger partial charge in [-0.25, -0.2) is 14.2 Å². The van der Waals surface area contributed by atoms with Gasteiger partial charge in [0.15, 0.2) is 5.82 Å². The lowest BCUT2D eigenvalue weighted by atomic mass is 9.78. The van der Waals surface area contributed by atoms with Gasteiger partial charge in [-0.05, 0) is 52.2 Å². The van der Waals surface area contributed by atoms with Crippen molar-refractivity contribution in [2.45, 2.75) is 64.5 Å². The Balaban J connectivity index is 1.78. The molecule has 0 amide bonds. The number of rotatable bonds is 7. The van der Waals surface area contributed by atoms with Crippen LogP contribution in [0.3, 0.4) is 0 Å². The molecule has 0 atom stereocenters. The Morgan fingerprint density at radius 1 is 1.29 bits per heavy atom. The van der Waals surface area contributed by atoms with Crippen molar-refractivity contribution in [3.8, 4) is 11.9 Å². The highest BCUT2D eigenvalue weighted by atomic mass is 19.1. The Kier molecular flexibility index (Phi) is 6.48. The minimum atomic E-state index is -0.794. The van der Waals surface area contributed by atoms with Crippen LogP contribution in [-0.4, -0.2) is 40.5 Å². The van der Waals surface area contributed by atoms with E-state index in [0.29, 0.717) is 36.2 Å². The third kappa shape index (κ3) is 5.51. The van der Waals surface area contributed by atoms with E-state index in [1.54, 1.807) is 26.8 Å². The summed E-state index contributed by atoms with van der Waals surface area (Å²) in [7, 11) is 0. The molecule has 9 heteroatoms. The van der Waals surface area contributed by atoms with Crippen molar-refractivity contribution in [3.05, 3.63) is 23.8 Å². The molecule has 1 fully saturated rings. The van der Waals surface area contributed by atoms with Crippen LogP contribution >= 0.6 is 0 Å². The molecule has 1 aliphatic carbocycles. The topological polar surface area (TPSA) is 106 Å². The number of halogens is 1. The van der Waals surface area contributed by atoms with Crippen molar-refractivity contribution in [1.82, 2.24) is 9.97 Å². The van der Waals surface area contributed by atoms with E-state index >= 15 is 0 Å². The molecule has 1 heterocycles. The van der Waals surface area contributed by atoms with Crippen LogP contribution < -0.4 is 10.1 Å². The highest BCUT2D eigenvalue weighted by molar-refractivity contribution is 5.87. The molecule has 2 aromatic rings. The molecule has 0 aliphatic heterocycles. The van der Waals surface area contributed by atoms with E-state index < -0.39 is 23.1 Å². The number of benzene rings is 1. The number of carbonyl (C=O) groups excluding carboxylic acids is 1. The SMILES string of the molecule is CCc1nc(OCCOC(=O)OC(C)(C)C)c2cc(NC3(C#N)CCC3)cc(F)c2n1. The van der Waals surface area contributed by atoms with Crippen molar-refractivity contribution >= 4 is 22.7 Å². The molecule has 1 N–H and O–H groups in total. The Hall–Kier alpha value is -3.15. The molecule has 31 heavy (non-hydrogen) atoms. The Bertz CT molecular complexity index is 1010. The third-order valence-electron chi connectivity index (χ3n) is 4.82. The molecular formula is C22H27FN4O4. The summed E-state index contributed by atoms with van der Waals surface area (Å²) >= 11 is 0. The lowest BCUT2D eigenvalue weighted by Crippen LogP contribution is -2.43. The number of anilines is 1. The molecular weight excluding hydrogens is 403 g/mol. The molecule has 0 spiro atoms. The van der Waals surface area contributed by atoms with Crippen LogP contribution in [0.5, 0.6) is 5.88 Å². The fourth-order valence-corrected chi connectivity index (χ4v) is 3.16. The maximum Gasteiger partial charge on any atom is 0.508 e. The Labute approximate surface area is 180 Å². The van der Waals surface area contributed by atoms with Crippen LogP contribution in [0.25, 0.3) is 10.9 Å².